The molecule has 0 radical (unpaired) electrons. The zero-order chi connectivity index (χ0) is 21.8. The van der Waals surface area contributed by atoms with E-state index in [-0.39, 0.29) is 41.5 Å². The monoisotopic (exact) mass is 408 g/mol. The lowest BCUT2D eigenvalue weighted by atomic mass is 9.89. The molecule has 0 bridgehead atoms. The lowest BCUT2D eigenvalue weighted by Crippen LogP contribution is -2.36. The average molecular weight is 408 g/mol. The number of benzene rings is 2. The highest BCUT2D eigenvalue weighted by molar-refractivity contribution is 6.05. The van der Waals surface area contributed by atoms with Gasteiger partial charge in [0.2, 0.25) is 0 Å². The second-order valence-electron chi connectivity index (χ2n) is 9.08. The molecule has 2 aromatic rings. The van der Waals surface area contributed by atoms with Crippen LogP contribution >= 0.6 is 0 Å². The van der Waals surface area contributed by atoms with E-state index in [1.54, 1.807) is 18.2 Å². The first-order valence-electron chi connectivity index (χ1n) is 9.81. The molecular weight excluding hydrogens is 384 g/mol. The molecule has 30 heavy (non-hydrogen) atoms. The van der Waals surface area contributed by atoms with Crippen LogP contribution in [0.15, 0.2) is 24.3 Å². The van der Waals surface area contributed by atoms with E-state index in [1.807, 2.05) is 27.7 Å². The van der Waals surface area contributed by atoms with Crippen LogP contribution < -0.4 is 9.47 Å². The summed E-state index contributed by atoms with van der Waals surface area (Å²) in [5.74, 6) is 0.288. The summed E-state index contributed by atoms with van der Waals surface area (Å²) in [6, 6.07) is 6.10. The molecule has 0 fully saturated rings. The van der Waals surface area contributed by atoms with E-state index in [1.165, 1.54) is 18.2 Å². The molecule has 0 atom stereocenters. The molecule has 0 spiro atoms. The second-order valence-corrected chi connectivity index (χ2v) is 9.08. The number of fused-ring (bicyclic) bond motifs is 2. The molecule has 0 aliphatic carbocycles. The van der Waals surface area contributed by atoms with Gasteiger partial charge in [0, 0.05) is 6.07 Å². The Morgan fingerprint density at radius 2 is 1.37 bits per heavy atom. The summed E-state index contributed by atoms with van der Waals surface area (Å²) in [6.45, 7) is 7.29. The van der Waals surface area contributed by atoms with Gasteiger partial charge in [-0.2, -0.15) is 0 Å². The Kier molecular flexibility index (Phi) is 4.42. The first-order valence-corrected chi connectivity index (χ1v) is 9.81. The average Bonchev–Trinajstić information content (AvgIpc) is 2.55. The molecule has 2 aromatic carbocycles. The van der Waals surface area contributed by atoms with Crippen LogP contribution in [0.3, 0.4) is 0 Å². The van der Waals surface area contributed by atoms with Gasteiger partial charge in [0.25, 0.3) is 0 Å². The van der Waals surface area contributed by atoms with Gasteiger partial charge in [-0.25, -0.2) is 0 Å². The van der Waals surface area contributed by atoms with Crippen molar-refractivity contribution in [1.29, 1.82) is 0 Å². The Balaban J connectivity index is 1.74. The van der Waals surface area contributed by atoms with E-state index in [9.17, 15) is 19.8 Å². The number of ketones is 2. The van der Waals surface area contributed by atoms with E-state index in [0.717, 1.165) is 0 Å². The lowest BCUT2D eigenvalue weighted by molar-refractivity contribution is 0.0603. The van der Waals surface area contributed by atoms with Crippen LogP contribution in [0.5, 0.6) is 23.0 Å². The Morgan fingerprint density at radius 3 is 2.00 bits per heavy atom. The number of carbonyl (C=O) groups is 2. The smallest absolute Gasteiger partial charge is 0.174 e. The number of carbonyl (C=O) groups excluding carboxylic acids is 2. The number of phenols is 2. The number of Topliss-reactive ketones (excluding diaryl/α,β-unsaturated/α-hetero) is 2. The summed E-state index contributed by atoms with van der Waals surface area (Å²) in [4.78, 5) is 25.1. The number of hydrogen-bond donors (Lipinski definition) is 2. The normalized spacial score (nSPS) is 19.1. The van der Waals surface area contributed by atoms with Crippen LogP contribution in [-0.2, 0) is 0 Å². The van der Waals surface area contributed by atoms with Crippen LogP contribution in [0.2, 0.25) is 0 Å². The molecule has 6 heteroatoms. The van der Waals surface area contributed by atoms with Crippen LogP contribution in [0.25, 0.3) is 12.2 Å². The van der Waals surface area contributed by atoms with Gasteiger partial charge in [0.1, 0.15) is 39.8 Å². The minimum atomic E-state index is -0.653. The molecule has 2 aliphatic rings. The van der Waals surface area contributed by atoms with E-state index in [4.69, 9.17) is 9.47 Å². The maximum atomic E-state index is 12.7. The third-order valence-electron chi connectivity index (χ3n) is 5.18. The second kappa shape index (κ2) is 6.62. The minimum Gasteiger partial charge on any atom is -0.508 e. The quantitative estimate of drug-likeness (QED) is 0.696. The van der Waals surface area contributed by atoms with Gasteiger partial charge < -0.3 is 19.7 Å². The van der Waals surface area contributed by atoms with Crippen molar-refractivity contribution in [2.24, 2.45) is 0 Å². The van der Waals surface area contributed by atoms with Gasteiger partial charge in [-0.3, -0.25) is 9.59 Å². The SMILES string of the molecule is CC1(C)CC(=O)c2c(O)cc(/C=C/c3cc(O)cc4c3C(=O)CC(C)(C)O4)cc2O1. The standard InChI is InChI=1S/C24H24O6/c1-23(2)11-17(27)21-14(9-15(25)10-20(21)30-23)6-5-13-7-16(26)22-18(28)12-24(3,4)29-19(22)8-13/h5-10,25-26H,11-12H2,1-4H3/b6-5+. The molecule has 4 rings (SSSR count). The fourth-order valence-corrected chi connectivity index (χ4v) is 4.01. The summed E-state index contributed by atoms with van der Waals surface area (Å²) in [5, 5.41) is 20.5. The first-order chi connectivity index (χ1) is 13.9. The van der Waals surface area contributed by atoms with Gasteiger partial charge in [-0.1, -0.05) is 12.2 Å². The van der Waals surface area contributed by atoms with Crippen LogP contribution in [0.1, 0.15) is 72.4 Å². The molecular formula is C24H24O6. The molecule has 2 heterocycles. The fraction of sp³-hybridized carbons (Fsp3) is 0.333. The molecule has 0 saturated carbocycles. The Hall–Kier alpha value is -3.28. The molecule has 0 amide bonds. The predicted octanol–water partition coefficient (Wildman–Crippen LogP) is 4.76. The molecule has 6 nitrogen and oxygen atoms in total. The molecule has 2 N–H and O–H groups in total. The van der Waals surface area contributed by atoms with Crippen LogP contribution in [0.4, 0.5) is 0 Å². The van der Waals surface area contributed by atoms with Crippen molar-refractivity contribution < 1.29 is 29.3 Å². The Labute approximate surface area is 174 Å². The summed E-state index contributed by atoms with van der Waals surface area (Å²) < 4.78 is 11.8. The topological polar surface area (TPSA) is 93.1 Å². The van der Waals surface area contributed by atoms with Gasteiger partial charge >= 0.3 is 0 Å². The van der Waals surface area contributed by atoms with Gasteiger partial charge in [-0.05, 0) is 57.0 Å². The number of phenolic OH excluding ortho intramolecular Hbond substituents is 2. The van der Waals surface area contributed by atoms with Crippen molar-refractivity contribution >= 4 is 23.7 Å². The maximum Gasteiger partial charge on any atom is 0.174 e. The summed E-state index contributed by atoms with van der Waals surface area (Å²) in [7, 11) is 0. The van der Waals surface area contributed by atoms with Gasteiger partial charge in [0.15, 0.2) is 11.6 Å². The summed E-state index contributed by atoms with van der Waals surface area (Å²) in [5.41, 5.74) is 0.419. The van der Waals surface area contributed by atoms with Gasteiger partial charge in [-0.15, -0.1) is 0 Å². The largest absolute Gasteiger partial charge is 0.508 e. The van der Waals surface area contributed by atoms with E-state index in [2.05, 4.69) is 0 Å². The van der Waals surface area contributed by atoms with Crippen LogP contribution in [0, 0.1) is 0 Å². The number of rotatable bonds is 2. The third-order valence-corrected chi connectivity index (χ3v) is 5.18. The molecule has 0 unspecified atom stereocenters. The number of aromatic hydroxyl groups is 2. The highest BCUT2D eigenvalue weighted by Crippen LogP contribution is 2.41. The highest BCUT2D eigenvalue weighted by Gasteiger charge is 2.35. The minimum absolute atomic E-state index is 0.0112. The van der Waals surface area contributed by atoms with Crippen molar-refractivity contribution in [3.63, 3.8) is 0 Å². The number of ether oxygens (including phenoxy) is 2. The van der Waals surface area contributed by atoms with Crippen molar-refractivity contribution in [1.82, 2.24) is 0 Å². The van der Waals surface area contributed by atoms with E-state index < -0.39 is 11.2 Å². The predicted molar refractivity (Wildman–Crippen MR) is 112 cm³/mol. The number of hydrogen-bond acceptors (Lipinski definition) is 6. The highest BCUT2D eigenvalue weighted by atomic mass is 16.5. The Bertz CT molecular complexity index is 1110. The Morgan fingerprint density at radius 1 is 0.800 bits per heavy atom. The molecule has 2 aliphatic heterocycles. The van der Waals surface area contributed by atoms with Crippen LogP contribution in [-0.4, -0.2) is 33.0 Å². The first kappa shape index (κ1) is 20.0. The summed E-state index contributed by atoms with van der Waals surface area (Å²) in [6.07, 6.45) is 3.79. The maximum absolute atomic E-state index is 12.7. The van der Waals surface area contributed by atoms with Crippen molar-refractivity contribution in [3.05, 3.63) is 46.5 Å². The third kappa shape index (κ3) is 3.65. The fourth-order valence-electron chi connectivity index (χ4n) is 4.01. The van der Waals surface area contributed by atoms with Crippen molar-refractivity contribution in [2.45, 2.75) is 51.7 Å². The van der Waals surface area contributed by atoms with Crippen molar-refractivity contribution in [3.8, 4) is 23.0 Å². The van der Waals surface area contributed by atoms with Crippen molar-refractivity contribution in [2.75, 3.05) is 0 Å². The lowest BCUT2D eigenvalue weighted by Gasteiger charge is -2.32. The molecule has 0 aromatic heterocycles. The van der Waals surface area contributed by atoms with Gasteiger partial charge in [0.05, 0.1) is 18.4 Å². The summed E-state index contributed by atoms with van der Waals surface area (Å²) >= 11 is 0. The molecule has 0 saturated heterocycles. The zero-order valence-corrected chi connectivity index (χ0v) is 17.4. The van der Waals surface area contributed by atoms with E-state index >= 15 is 0 Å². The van der Waals surface area contributed by atoms with E-state index in [0.29, 0.717) is 28.2 Å². The zero-order valence-electron chi connectivity index (χ0n) is 17.4. The molecule has 156 valence electrons.